The van der Waals surface area contributed by atoms with Crippen LogP contribution in [0.15, 0.2) is 82.6 Å². The van der Waals surface area contributed by atoms with E-state index in [9.17, 15) is 9.18 Å². The van der Waals surface area contributed by atoms with E-state index in [4.69, 9.17) is 4.42 Å². The molecule has 0 radical (unpaired) electrons. The fourth-order valence-corrected chi connectivity index (χ4v) is 3.37. The van der Waals surface area contributed by atoms with Gasteiger partial charge in [-0.1, -0.05) is 42.1 Å². The van der Waals surface area contributed by atoms with Crippen molar-refractivity contribution in [3.05, 3.63) is 78.8 Å². The summed E-state index contributed by atoms with van der Waals surface area (Å²) in [7, 11) is 0. The molecule has 8 heteroatoms. The molecule has 0 unspecified atom stereocenters. The SMILES string of the molecule is O=C(CSc1nnc(-c2ccco2)n1-c1ccccc1)Nc1ccccc1F. The van der Waals surface area contributed by atoms with Gasteiger partial charge in [-0.15, -0.1) is 10.2 Å². The maximum absolute atomic E-state index is 13.7. The molecule has 0 fully saturated rings. The van der Waals surface area contributed by atoms with Crippen LogP contribution in [0.1, 0.15) is 0 Å². The highest BCUT2D eigenvalue weighted by Gasteiger charge is 2.19. The maximum Gasteiger partial charge on any atom is 0.234 e. The monoisotopic (exact) mass is 394 g/mol. The second-order valence-electron chi connectivity index (χ2n) is 5.77. The Morgan fingerprint density at radius 1 is 1.04 bits per heavy atom. The minimum atomic E-state index is -0.478. The van der Waals surface area contributed by atoms with Gasteiger partial charge in [0.2, 0.25) is 11.7 Å². The number of benzene rings is 2. The Labute approximate surface area is 164 Å². The fraction of sp³-hybridized carbons (Fsp3) is 0.0500. The number of nitrogens with one attached hydrogen (secondary N) is 1. The highest BCUT2D eigenvalue weighted by molar-refractivity contribution is 7.99. The van der Waals surface area contributed by atoms with Crippen molar-refractivity contribution in [2.24, 2.45) is 0 Å². The molecule has 0 aliphatic heterocycles. The van der Waals surface area contributed by atoms with Crippen LogP contribution >= 0.6 is 11.8 Å². The molecule has 0 spiro atoms. The summed E-state index contributed by atoms with van der Waals surface area (Å²) >= 11 is 1.21. The summed E-state index contributed by atoms with van der Waals surface area (Å²) in [5.74, 6) is 0.343. The number of hydrogen-bond acceptors (Lipinski definition) is 5. The number of para-hydroxylation sites is 2. The average Bonchev–Trinajstić information content (AvgIpc) is 3.38. The molecule has 0 aliphatic rings. The van der Waals surface area contributed by atoms with Gasteiger partial charge in [0.05, 0.1) is 17.7 Å². The van der Waals surface area contributed by atoms with Crippen molar-refractivity contribution in [2.75, 3.05) is 11.1 Å². The number of amides is 1. The summed E-state index contributed by atoms with van der Waals surface area (Å²) in [6.07, 6.45) is 1.56. The van der Waals surface area contributed by atoms with Gasteiger partial charge in [0.1, 0.15) is 5.82 Å². The number of nitrogens with zero attached hydrogens (tertiary/aromatic N) is 3. The molecule has 0 atom stereocenters. The third-order valence-corrected chi connectivity index (χ3v) is 4.80. The maximum atomic E-state index is 13.7. The predicted molar refractivity (Wildman–Crippen MR) is 105 cm³/mol. The van der Waals surface area contributed by atoms with Gasteiger partial charge in [-0.05, 0) is 36.4 Å². The molecule has 4 aromatic rings. The molecule has 1 N–H and O–H groups in total. The van der Waals surface area contributed by atoms with Crippen molar-refractivity contribution < 1.29 is 13.6 Å². The zero-order chi connectivity index (χ0) is 19.3. The number of anilines is 1. The summed E-state index contributed by atoms with van der Waals surface area (Å²) < 4.78 is 21.0. The summed E-state index contributed by atoms with van der Waals surface area (Å²) in [6, 6.07) is 19.2. The van der Waals surface area contributed by atoms with E-state index >= 15 is 0 Å². The van der Waals surface area contributed by atoms with Crippen molar-refractivity contribution in [2.45, 2.75) is 5.16 Å². The van der Waals surface area contributed by atoms with Crippen LogP contribution in [-0.4, -0.2) is 26.4 Å². The predicted octanol–water partition coefficient (Wildman–Crippen LogP) is 4.40. The van der Waals surface area contributed by atoms with Crippen LogP contribution in [0.4, 0.5) is 10.1 Å². The summed E-state index contributed by atoms with van der Waals surface area (Å²) in [5, 5.41) is 11.5. The minimum absolute atomic E-state index is 0.0530. The Hall–Kier alpha value is -3.39. The molecule has 2 heterocycles. The van der Waals surface area contributed by atoms with E-state index in [1.807, 2.05) is 34.9 Å². The van der Waals surface area contributed by atoms with Gasteiger partial charge >= 0.3 is 0 Å². The molecule has 140 valence electrons. The van der Waals surface area contributed by atoms with E-state index < -0.39 is 5.82 Å². The molecule has 0 bridgehead atoms. The number of halogens is 1. The number of carbonyl (C=O) groups excluding carboxylic acids is 1. The van der Waals surface area contributed by atoms with Gasteiger partial charge in [0.25, 0.3) is 0 Å². The summed E-state index contributed by atoms with van der Waals surface area (Å²) in [6.45, 7) is 0. The standard InChI is InChI=1S/C20H15FN4O2S/c21-15-9-4-5-10-16(15)22-18(26)13-28-20-24-23-19(17-11-6-12-27-17)25(20)14-7-2-1-3-8-14/h1-12H,13H2,(H,22,26). The van der Waals surface area contributed by atoms with Gasteiger partial charge in [0.15, 0.2) is 10.9 Å². The van der Waals surface area contributed by atoms with E-state index in [0.29, 0.717) is 16.7 Å². The highest BCUT2D eigenvalue weighted by Crippen LogP contribution is 2.28. The van der Waals surface area contributed by atoms with Crippen molar-refractivity contribution in [1.29, 1.82) is 0 Å². The van der Waals surface area contributed by atoms with Crippen LogP contribution < -0.4 is 5.32 Å². The van der Waals surface area contributed by atoms with E-state index in [0.717, 1.165) is 5.69 Å². The summed E-state index contributed by atoms with van der Waals surface area (Å²) in [4.78, 5) is 12.2. The first-order valence-corrected chi connectivity index (χ1v) is 9.43. The Morgan fingerprint density at radius 3 is 2.57 bits per heavy atom. The number of aromatic nitrogens is 3. The smallest absolute Gasteiger partial charge is 0.234 e. The topological polar surface area (TPSA) is 73.0 Å². The molecule has 4 rings (SSSR count). The molecule has 0 aliphatic carbocycles. The third-order valence-electron chi connectivity index (χ3n) is 3.87. The minimum Gasteiger partial charge on any atom is -0.461 e. The van der Waals surface area contributed by atoms with Gasteiger partial charge in [-0.3, -0.25) is 9.36 Å². The van der Waals surface area contributed by atoms with Crippen molar-refractivity contribution in [1.82, 2.24) is 14.8 Å². The van der Waals surface area contributed by atoms with Gasteiger partial charge in [0, 0.05) is 5.69 Å². The zero-order valence-corrected chi connectivity index (χ0v) is 15.4. The molecule has 6 nitrogen and oxygen atoms in total. The Balaban J connectivity index is 1.56. The molecular weight excluding hydrogens is 379 g/mol. The molecule has 2 aromatic carbocycles. The zero-order valence-electron chi connectivity index (χ0n) is 14.6. The molecule has 28 heavy (non-hydrogen) atoms. The van der Waals surface area contributed by atoms with Crippen LogP contribution in [0.3, 0.4) is 0 Å². The van der Waals surface area contributed by atoms with E-state index in [-0.39, 0.29) is 17.3 Å². The van der Waals surface area contributed by atoms with Crippen molar-refractivity contribution >= 4 is 23.4 Å². The number of hydrogen-bond donors (Lipinski definition) is 1. The lowest BCUT2D eigenvalue weighted by Gasteiger charge is -2.09. The number of carbonyl (C=O) groups is 1. The third kappa shape index (κ3) is 3.81. The Bertz CT molecular complexity index is 1080. The lowest BCUT2D eigenvalue weighted by atomic mass is 10.3. The van der Waals surface area contributed by atoms with Crippen molar-refractivity contribution in [3.63, 3.8) is 0 Å². The van der Waals surface area contributed by atoms with Crippen LogP contribution in [0.25, 0.3) is 17.3 Å². The van der Waals surface area contributed by atoms with E-state index in [1.165, 1.54) is 23.9 Å². The second-order valence-corrected chi connectivity index (χ2v) is 6.71. The van der Waals surface area contributed by atoms with E-state index in [2.05, 4.69) is 15.5 Å². The van der Waals surface area contributed by atoms with Crippen LogP contribution in [0.2, 0.25) is 0 Å². The first-order valence-electron chi connectivity index (χ1n) is 8.44. The Kier molecular flexibility index (Phi) is 5.20. The van der Waals surface area contributed by atoms with Crippen LogP contribution in [0.5, 0.6) is 0 Å². The van der Waals surface area contributed by atoms with Crippen molar-refractivity contribution in [3.8, 4) is 17.3 Å². The fourth-order valence-electron chi connectivity index (χ4n) is 2.62. The van der Waals surface area contributed by atoms with Gasteiger partial charge in [-0.2, -0.15) is 0 Å². The molecule has 2 aromatic heterocycles. The molecule has 0 saturated carbocycles. The number of furan rings is 1. The summed E-state index contributed by atoms with van der Waals surface area (Å²) in [5.41, 5.74) is 0.991. The number of rotatable bonds is 6. The average molecular weight is 394 g/mol. The van der Waals surface area contributed by atoms with E-state index in [1.54, 1.807) is 30.5 Å². The normalized spacial score (nSPS) is 10.8. The van der Waals surface area contributed by atoms with Crippen LogP contribution in [-0.2, 0) is 4.79 Å². The molecular formula is C20H15FN4O2S. The largest absolute Gasteiger partial charge is 0.461 e. The highest BCUT2D eigenvalue weighted by atomic mass is 32.2. The Morgan fingerprint density at radius 2 is 1.82 bits per heavy atom. The lowest BCUT2D eigenvalue weighted by Crippen LogP contribution is -2.15. The first kappa shape index (κ1) is 18.0. The van der Waals surface area contributed by atoms with Gasteiger partial charge < -0.3 is 9.73 Å². The quantitative estimate of drug-likeness (QED) is 0.491. The van der Waals surface area contributed by atoms with Crippen LogP contribution in [0, 0.1) is 5.82 Å². The first-order chi connectivity index (χ1) is 13.7. The van der Waals surface area contributed by atoms with Gasteiger partial charge in [-0.25, -0.2) is 4.39 Å². The molecule has 1 amide bonds. The lowest BCUT2D eigenvalue weighted by molar-refractivity contribution is -0.113. The molecule has 0 saturated heterocycles. The number of thioether (sulfide) groups is 1. The second kappa shape index (κ2) is 8.10.